The van der Waals surface area contributed by atoms with E-state index in [-0.39, 0.29) is 55.1 Å². The maximum atomic E-state index is 12.6. The molecule has 1 atom stereocenters. The van der Waals surface area contributed by atoms with Crippen molar-refractivity contribution >= 4 is 43.1 Å². The molecule has 2 saturated heterocycles. The van der Waals surface area contributed by atoms with Gasteiger partial charge in [0.05, 0.1) is 12.2 Å². The first kappa shape index (κ1) is 25.4. The van der Waals surface area contributed by atoms with E-state index in [1.807, 2.05) is 29.0 Å². The van der Waals surface area contributed by atoms with Crippen molar-refractivity contribution in [3.05, 3.63) is 18.0 Å². The molecule has 1 aromatic heterocycles. The minimum atomic E-state index is -0.372. The summed E-state index contributed by atoms with van der Waals surface area (Å²) in [5.41, 5.74) is 7.43. The number of ether oxygens (including phenoxy) is 1. The third-order valence-corrected chi connectivity index (χ3v) is 4.91. The third kappa shape index (κ3) is 6.55. The van der Waals surface area contributed by atoms with Gasteiger partial charge in [0.2, 0.25) is 5.91 Å². The monoisotopic (exact) mass is 429 g/mol. The van der Waals surface area contributed by atoms with E-state index in [2.05, 4.69) is 10.00 Å². The SMILES string of the molecule is Cl.Cl.Cl.Cn1cc(CN2CCN(C(=O)C(N)C3CCOCC3)CC2)cn1. The van der Waals surface area contributed by atoms with E-state index in [1.54, 1.807) is 0 Å². The minimum absolute atomic E-state index is 0. The number of aromatic nitrogens is 2. The number of amides is 1. The van der Waals surface area contributed by atoms with E-state index < -0.39 is 0 Å². The highest BCUT2D eigenvalue weighted by atomic mass is 35.5. The van der Waals surface area contributed by atoms with Gasteiger partial charge < -0.3 is 15.4 Å². The van der Waals surface area contributed by atoms with E-state index in [1.165, 1.54) is 5.56 Å². The molecule has 1 unspecified atom stereocenters. The van der Waals surface area contributed by atoms with Crippen molar-refractivity contribution in [2.75, 3.05) is 39.4 Å². The van der Waals surface area contributed by atoms with Crippen LogP contribution in [-0.4, -0.2) is 70.9 Å². The first-order valence-electron chi connectivity index (χ1n) is 8.45. The Balaban J connectivity index is 0.00000208. The lowest BCUT2D eigenvalue weighted by Crippen LogP contribution is -2.55. The van der Waals surface area contributed by atoms with Gasteiger partial charge in [-0.25, -0.2) is 0 Å². The van der Waals surface area contributed by atoms with Crippen LogP contribution >= 0.6 is 37.2 Å². The van der Waals surface area contributed by atoms with Crippen LogP contribution in [0.25, 0.3) is 0 Å². The minimum Gasteiger partial charge on any atom is -0.381 e. The lowest BCUT2D eigenvalue weighted by molar-refractivity contribution is -0.136. The molecule has 7 nitrogen and oxygen atoms in total. The number of halogens is 3. The number of aryl methyl sites for hydroxylation is 1. The molecule has 2 N–H and O–H groups in total. The predicted octanol–water partition coefficient (Wildman–Crippen LogP) is 1.08. The molecule has 26 heavy (non-hydrogen) atoms. The average molecular weight is 431 g/mol. The molecule has 0 radical (unpaired) electrons. The molecule has 152 valence electrons. The molecule has 3 heterocycles. The van der Waals surface area contributed by atoms with Crippen molar-refractivity contribution in [3.63, 3.8) is 0 Å². The zero-order valence-corrected chi connectivity index (χ0v) is 17.5. The number of hydrogen-bond donors (Lipinski definition) is 1. The summed E-state index contributed by atoms with van der Waals surface area (Å²) in [6.07, 6.45) is 5.74. The van der Waals surface area contributed by atoms with Crippen LogP contribution in [-0.2, 0) is 23.1 Å². The number of nitrogens with two attached hydrogens (primary N) is 1. The molecule has 2 fully saturated rings. The summed E-state index contributed by atoms with van der Waals surface area (Å²) in [4.78, 5) is 16.9. The molecule has 2 aliphatic rings. The van der Waals surface area contributed by atoms with Crippen LogP contribution in [0.1, 0.15) is 18.4 Å². The van der Waals surface area contributed by atoms with Crippen LogP contribution in [0, 0.1) is 5.92 Å². The van der Waals surface area contributed by atoms with Crippen molar-refractivity contribution in [1.82, 2.24) is 19.6 Å². The molecule has 0 bridgehead atoms. The molecular weight excluding hydrogens is 401 g/mol. The quantitative estimate of drug-likeness (QED) is 0.773. The summed E-state index contributed by atoms with van der Waals surface area (Å²) in [5.74, 6) is 0.377. The van der Waals surface area contributed by atoms with Gasteiger partial charge in [-0.05, 0) is 18.8 Å². The van der Waals surface area contributed by atoms with Crippen molar-refractivity contribution < 1.29 is 9.53 Å². The van der Waals surface area contributed by atoms with E-state index in [9.17, 15) is 4.79 Å². The number of rotatable bonds is 4. The first-order valence-corrected chi connectivity index (χ1v) is 8.45. The fraction of sp³-hybridized carbons (Fsp3) is 0.750. The summed E-state index contributed by atoms with van der Waals surface area (Å²) in [6, 6.07) is -0.372. The number of carbonyl (C=O) groups excluding carboxylic acids is 1. The summed E-state index contributed by atoms with van der Waals surface area (Å²) in [5, 5.41) is 4.20. The van der Waals surface area contributed by atoms with Gasteiger partial charge in [0.25, 0.3) is 0 Å². The summed E-state index contributed by atoms with van der Waals surface area (Å²) < 4.78 is 7.17. The molecule has 2 aliphatic heterocycles. The maximum Gasteiger partial charge on any atom is 0.239 e. The van der Waals surface area contributed by atoms with Gasteiger partial charge in [-0.15, -0.1) is 37.2 Å². The normalized spacial score (nSPS) is 19.7. The van der Waals surface area contributed by atoms with Gasteiger partial charge in [0.15, 0.2) is 0 Å². The Labute approximate surface area is 173 Å². The fourth-order valence-corrected chi connectivity index (χ4v) is 3.43. The molecule has 1 aromatic rings. The molecular formula is C16H30Cl3N5O2. The highest BCUT2D eigenvalue weighted by molar-refractivity contribution is 5.86. The van der Waals surface area contributed by atoms with Gasteiger partial charge in [-0.3, -0.25) is 14.4 Å². The molecule has 10 heteroatoms. The summed E-state index contributed by atoms with van der Waals surface area (Å²) in [7, 11) is 1.93. The molecule has 0 aromatic carbocycles. The number of hydrogen-bond acceptors (Lipinski definition) is 5. The van der Waals surface area contributed by atoms with Gasteiger partial charge in [0.1, 0.15) is 0 Å². The van der Waals surface area contributed by atoms with E-state index in [0.29, 0.717) is 0 Å². The van der Waals surface area contributed by atoms with Crippen LogP contribution in [0.15, 0.2) is 12.4 Å². The van der Waals surface area contributed by atoms with Gasteiger partial charge in [-0.2, -0.15) is 5.10 Å². The second kappa shape index (κ2) is 12.0. The highest BCUT2D eigenvalue weighted by Gasteiger charge is 2.31. The Morgan fingerprint density at radius 1 is 1.23 bits per heavy atom. The zero-order chi connectivity index (χ0) is 16.2. The van der Waals surface area contributed by atoms with Gasteiger partial charge >= 0.3 is 0 Å². The van der Waals surface area contributed by atoms with Crippen molar-refractivity contribution in [3.8, 4) is 0 Å². The fourth-order valence-electron chi connectivity index (χ4n) is 3.43. The van der Waals surface area contributed by atoms with Crippen LogP contribution in [0.3, 0.4) is 0 Å². The van der Waals surface area contributed by atoms with E-state index >= 15 is 0 Å². The van der Waals surface area contributed by atoms with Crippen molar-refractivity contribution in [2.24, 2.45) is 18.7 Å². The van der Waals surface area contributed by atoms with Crippen LogP contribution in [0.5, 0.6) is 0 Å². The third-order valence-electron chi connectivity index (χ3n) is 4.91. The van der Waals surface area contributed by atoms with Crippen LogP contribution in [0.4, 0.5) is 0 Å². The van der Waals surface area contributed by atoms with Crippen LogP contribution < -0.4 is 5.73 Å². The van der Waals surface area contributed by atoms with Crippen LogP contribution in [0.2, 0.25) is 0 Å². The number of carbonyl (C=O) groups is 1. The Kier molecular flexibility index (Phi) is 11.7. The van der Waals surface area contributed by atoms with Gasteiger partial charge in [0, 0.05) is 64.7 Å². The first-order chi connectivity index (χ1) is 11.1. The number of piperazine rings is 1. The second-order valence-corrected chi connectivity index (χ2v) is 6.60. The highest BCUT2D eigenvalue weighted by Crippen LogP contribution is 2.19. The lowest BCUT2D eigenvalue weighted by atomic mass is 9.91. The molecule has 0 aliphatic carbocycles. The average Bonchev–Trinajstić information content (AvgIpc) is 3.00. The van der Waals surface area contributed by atoms with Crippen molar-refractivity contribution in [1.29, 1.82) is 0 Å². The Morgan fingerprint density at radius 3 is 2.38 bits per heavy atom. The zero-order valence-electron chi connectivity index (χ0n) is 15.1. The Bertz CT molecular complexity index is 532. The summed E-state index contributed by atoms with van der Waals surface area (Å²) >= 11 is 0. The predicted molar refractivity (Wildman–Crippen MR) is 108 cm³/mol. The van der Waals surface area contributed by atoms with E-state index in [4.69, 9.17) is 10.5 Å². The largest absolute Gasteiger partial charge is 0.381 e. The topological polar surface area (TPSA) is 76.6 Å². The second-order valence-electron chi connectivity index (χ2n) is 6.60. The lowest BCUT2D eigenvalue weighted by Gasteiger charge is -2.37. The molecule has 1 amide bonds. The van der Waals surface area contributed by atoms with E-state index in [0.717, 1.165) is 58.8 Å². The smallest absolute Gasteiger partial charge is 0.239 e. The molecule has 3 rings (SSSR count). The van der Waals surface area contributed by atoms with Gasteiger partial charge in [-0.1, -0.05) is 0 Å². The standard InChI is InChI=1S/C16H27N5O2.3ClH/c1-19-11-13(10-18-19)12-20-4-6-21(7-5-20)16(22)15(17)14-2-8-23-9-3-14;;;/h10-11,14-15H,2-9,12,17H2,1H3;3*1H. The van der Waals surface area contributed by atoms with Crippen molar-refractivity contribution in [2.45, 2.75) is 25.4 Å². The Morgan fingerprint density at radius 2 is 1.85 bits per heavy atom. The Hall–Kier alpha value is -0.570. The molecule has 0 spiro atoms. The maximum absolute atomic E-state index is 12.6. The number of nitrogens with zero attached hydrogens (tertiary/aromatic N) is 4. The molecule has 0 saturated carbocycles. The summed E-state index contributed by atoms with van der Waals surface area (Å²) in [6.45, 7) is 5.64.